The highest BCUT2D eigenvalue weighted by Crippen LogP contribution is 2.43. The number of carboxylic acid groups (broad SMARTS) is 1. The summed E-state index contributed by atoms with van der Waals surface area (Å²) in [5.74, 6) is -1.98. The molecule has 5 rings (SSSR count). The molecule has 2 aromatic heterocycles. The summed E-state index contributed by atoms with van der Waals surface area (Å²) < 4.78 is 24.2. The van der Waals surface area contributed by atoms with Gasteiger partial charge in [-0.25, -0.2) is 24.5 Å². The lowest BCUT2D eigenvalue weighted by molar-refractivity contribution is -0.202. The zero-order chi connectivity index (χ0) is 23.2. The molecular formula is C21H21N5O7. The van der Waals surface area contributed by atoms with E-state index in [2.05, 4.69) is 20.3 Å². The molecule has 0 radical (unpaired) electrons. The van der Waals surface area contributed by atoms with Gasteiger partial charge in [0.25, 0.3) is 0 Å². The van der Waals surface area contributed by atoms with Gasteiger partial charge in [-0.3, -0.25) is 9.88 Å². The summed E-state index contributed by atoms with van der Waals surface area (Å²) in [4.78, 5) is 36.6. The molecule has 172 valence electrons. The van der Waals surface area contributed by atoms with Gasteiger partial charge in [-0.1, -0.05) is 30.3 Å². The van der Waals surface area contributed by atoms with E-state index in [1.54, 1.807) is 18.4 Å². The molecule has 3 aromatic rings. The summed E-state index contributed by atoms with van der Waals surface area (Å²) in [6, 6.07) is 9.25. The minimum Gasteiger partial charge on any atom is -0.479 e. The van der Waals surface area contributed by atoms with Gasteiger partial charge in [-0.15, -0.1) is 0 Å². The average molecular weight is 455 g/mol. The zero-order valence-electron chi connectivity index (χ0n) is 17.7. The maximum atomic E-state index is 12.3. The smallest absolute Gasteiger partial charge is 0.413 e. The van der Waals surface area contributed by atoms with E-state index in [0.29, 0.717) is 5.65 Å². The largest absolute Gasteiger partial charge is 0.479 e. The van der Waals surface area contributed by atoms with Crippen molar-refractivity contribution in [1.29, 1.82) is 0 Å². The van der Waals surface area contributed by atoms with Gasteiger partial charge in [0.2, 0.25) is 0 Å². The van der Waals surface area contributed by atoms with Crippen LogP contribution in [0.1, 0.15) is 25.6 Å². The second kappa shape index (κ2) is 8.06. The van der Waals surface area contributed by atoms with Gasteiger partial charge in [0, 0.05) is 0 Å². The molecule has 2 saturated heterocycles. The SMILES string of the molecule is CC1(C)O[C@@H]2[C@H](O1)[C@@H](C(=O)O)O[C@H]2n1cnc2c(NC(=O)OCc3ccccc3)ncnc21. The first kappa shape index (κ1) is 21.2. The van der Waals surface area contributed by atoms with E-state index in [9.17, 15) is 14.7 Å². The molecule has 4 atom stereocenters. The number of fused-ring (bicyclic) bond motifs is 2. The van der Waals surface area contributed by atoms with Gasteiger partial charge in [0.15, 0.2) is 35.1 Å². The van der Waals surface area contributed by atoms with E-state index >= 15 is 0 Å². The van der Waals surface area contributed by atoms with Crippen molar-refractivity contribution in [2.24, 2.45) is 0 Å². The van der Waals surface area contributed by atoms with Crippen molar-refractivity contribution in [2.75, 3.05) is 5.32 Å². The fourth-order valence-electron chi connectivity index (χ4n) is 3.99. The maximum Gasteiger partial charge on any atom is 0.413 e. The molecule has 4 heterocycles. The monoisotopic (exact) mass is 455 g/mol. The second-order valence-corrected chi connectivity index (χ2v) is 8.08. The van der Waals surface area contributed by atoms with E-state index in [1.165, 1.54) is 12.7 Å². The molecular weight excluding hydrogens is 434 g/mol. The van der Waals surface area contributed by atoms with Crippen molar-refractivity contribution < 1.29 is 33.6 Å². The standard InChI is InChI=1S/C21H21N5O7/c1-21(2)32-13-14(33-21)18(31-15(13)19(27)28)26-10-24-12-16(22-9-23-17(12)26)25-20(29)30-8-11-6-4-3-5-7-11/h3-7,9-10,13-15,18H,8H2,1-2H3,(H,27,28)(H,22,23,25,29)/t13-,14+,15-,18+/m0/s1. The highest BCUT2D eigenvalue weighted by molar-refractivity contribution is 5.93. The number of rotatable bonds is 5. The number of hydrogen-bond donors (Lipinski definition) is 2. The van der Waals surface area contributed by atoms with Crippen molar-refractivity contribution in [3.63, 3.8) is 0 Å². The van der Waals surface area contributed by atoms with E-state index in [1.807, 2.05) is 30.3 Å². The Bertz CT molecular complexity index is 1200. The third-order valence-electron chi connectivity index (χ3n) is 5.34. The van der Waals surface area contributed by atoms with Crippen LogP contribution in [0.5, 0.6) is 0 Å². The van der Waals surface area contributed by atoms with Gasteiger partial charge in [-0.2, -0.15) is 0 Å². The number of carbonyl (C=O) groups is 2. The Labute approximate surface area is 187 Å². The Morgan fingerprint density at radius 2 is 1.91 bits per heavy atom. The summed E-state index contributed by atoms with van der Waals surface area (Å²) in [5, 5.41) is 12.1. The van der Waals surface area contributed by atoms with E-state index in [-0.39, 0.29) is 17.9 Å². The predicted octanol–water partition coefficient (Wildman–Crippen LogP) is 2.08. The van der Waals surface area contributed by atoms with E-state index in [4.69, 9.17) is 18.9 Å². The molecule has 12 nitrogen and oxygen atoms in total. The molecule has 0 aliphatic carbocycles. The molecule has 2 aliphatic rings. The van der Waals surface area contributed by atoms with Gasteiger partial charge < -0.3 is 24.1 Å². The topological polar surface area (TPSA) is 147 Å². The Morgan fingerprint density at radius 3 is 2.67 bits per heavy atom. The van der Waals surface area contributed by atoms with Crippen LogP contribution >= 0.6 is 0 Å². The van der Waals surface area contributed by atoms with Gasteiger partial charge >= 0.3 is 12.1 Å². The minimum atomic E-state index is -1.22. The third-order valence-corrected chi connectivity index (χ3v) is 5.34. The minimum absolute atomic E-state index is 0.0953. The molecule has 1 amide bonds. The summed E-state index contributed by atoms with van der Waals surface area (Å²) in [6.45, 7) is 3.51. The number of imidazole rings is 1. The first-order chi connectivity index (χ1) is 15.8. The number of anilines is 1. The van der Waals surface area contributed by atoms with Crippen LogP contribution in [0.25, 0.3) is 11.2 Å². The molecule has 12 heteroatoms. The molecule has 0 unspecified atom stereocenters. The summed E-state index contributed by atoms with van der Waals surface area (Å²) in [5.41, 5.74) is 1.45. The fourth-order valence-corrected chi connectivity index (χ4v) is 3.99. The van der Waals surface area contributed by atoms with Crippen molar-refractivity contribution in [3.05, 3.63) is 48.5 Å². The Hall–Kier alpha value is -3.61. The van der Waals surface area contributed by atoms with Gasteiger partial charge in [0.05, 0.1) is 6.33 Å². The number of benzene rings is 1. The Balaban J connectivity index is 1.37. The lowest BCUT2D eigenvalue weighted by Gasteiger charge is -2.23. The van der Waals surface area contributed by atoms with Crippen LogP contribution in [0.4, 0.5) is 10.6 Å². The first-order valence-corrected chi connectivity index (χ1v) is 10.2. The van der Waals surface area contributed by atoms with Crippen molar-refractivity contribution in [3.8, 4) is 0 Å². The normalized spacial score (nSPS) is 25.6. The van der Waals surface area contributed by atoms with Crippen LogP contribution < -0.4 is 5.32 Å². The number of amides is 1. The molecule has 2 fully saturated rings. The maximum absolute atomic E-state index is 12.3. The van der Waals surface area contributed by atoms with Gasteiger partial charge in [0.1, 0.15) is 25.1 Å². The third kappa shape index (κ3) is 3.99. The fraction of sp³-hybridized carbons (Fsp3) is 0.381. The molecule has 2 aliphatic heterocycles. The zero-order valence-corrected chi connectivity index (χ0v) is 17.7. The van der Waals surface area contributed by atoms with E-state index < -0.39 is 42.4 Å². The van der Waals surface area contributed by atoms with Crippen LogP contribution in [0.3, 0.4) is 0 Å². The molecule has 33 heavy (non-hydrogen) atoms. The highest BCUT2D eigenvalue weighted by atomic mass is 16.8. The van der Waals surface area contributed by atoms with Crippen LogP contribution in [0.15, 0.2) is 43.0 Å². The van der Waals surface area contributed by atoms with Crippen LogP contribution in [-0.2, 0) is 30.3 Å². The lowest BCUT2D eigenvalue weighted by atomic mass is 10.1. The lowest BCUT2D eigenvalue weighted by Crippen LogP contribution is -2.35. The van der Waals surface area contributed by atoms with Gasteiger partial charge in [-0.05, 0) is 19.4 Å². The summed E-state index contributed by atoms with van der Waals surface area (Å²) in [6.07, 6.45) is -1.58. The number of aliphatic carboxylic acids is 1. The average Bonchev–Trinajstić information content (AvgIpc) is 3.44. The number of carboxylic acids is 1. The Morgan fingerprint density at radius 1 is 1.15 bits per heavy atom. The molecule has 0 saturated carbocycles. The number of nitrogens with one attached hydrogen (secondary N) is 1. The number of hydrogen-bond acceptors (Lipinski definition) is 9. The summed E-state index contributed by atoms with van der Waals surface area (Å²) in [7, 11) is 0. The van der Waals surface area contributed by atoms with Crippen LogP contribution in [0, 0.1) is 0 Å². The van der Waals surface area contributed by atoms with Crippen molar-refractivity contribution in [1.82, 2.24) is 19.5 Å². The van der Waals surface area contributed by atoms with Crippen LogP contribution in [-0.4, -0.2) is 60.8 Å². The molecule has 2 N–H and O–H groups in total. The Kier molecular flexibility index (Phi) is 5.19. The second-order valence-electron chi connectivity index (χ2n) is 8.08. The quantitative estimate of drug-likeness (QED) is 0.586. The van der Waals surface area contributed by atoms with Crippen LogP contribution in [0.2, 0.25) is 0 Å². The molecule has 0 bridgehead atoms. The highest BCUT2D eigenvalue weighted by Gasteiger charge is 2.58. The van der Waals surface area contributed by atoms with E-state index in [0.717, 1.165) is 5.56 Å². The number of nitrogens with zero attached hydrogens (tertiary/aromatic N) is 4. The van der Waals surface area contributed by atoms with Crippen molar-refractivity contribution >= 4 is 29.0 Å². The first-order valence-electron chi connectivity index (χ1n) is 10.2. The molecule has 0 spiro atoms. The van der Waals surface area contributed by atoms with Crippen molar-refractivity contribution in [2.45, 2.75) is 50.8 Å². The summed E-state index contributed by atoms with van der Waals surface area (Å²) >= 11 is 0. The predicted molar refractivity (Wildman–Crippen MR) is 111 cm³/mol. The number of aromatic nitrogens is 4. The number of carbonyl (C=O) groups excluding carboxylic acids is 1. The molecule has 1 aromatic carbocycles. The number of ether oxygens (including phenoxy) is 4.